The van der Waals surface area contributed by atoms with Gasteiger partial charge in [-0.3, -0.25) is 4.79 Å². The van der Waals surface area contributed by atoms with Crippen molar-refractivity contribution in [3.63, 3.8) is 0 Å². The lowest BCUT2D eigenvalue weighted by atomic mass is 10.1. The number of rotatable bonds is 7. The first kappa shape index (κ1) is 14.2. The number of ether oxygens (including phenoxy) is 2. The van der Waals surface area contributed by atoms with Gasteiger partial charge in [0.05, 0.1) is 13.7 Å². The molecule has 0 aliphatic heterocycles. The van der Waals surface area contributed by atoms with Gasteiger partial charge in [-0.25, -0.2) is 4.79 Å². The van der Waals surface area contributed by atoms with Gasteiger partial charge in [0.2, 0.25) is 5.78 Å². The zero-order chi connectivity index (χ0) is 13.4. The molecular weight excluding hydrogens is 232 g/mol. The van der Waals surface area contributed by atoms with E-state index in [1.807, 2.05) is 24.3 Å². The van der Waals surface area contributed by atoms with Crippen LogP contribution < -0.4 is 4.74 Å². The first-order chi connectivity index (χ1) is 8.67. The van der Waals surface area contributed by atoms with Gasteiger partial charge >= 0.3 is 5.97 Å². The third-order valence-corrected chi connectivity index (χ3v) is 2.51. The fourth-order valence-electron chi connectivity index (χ4n) is 1.59. The lowest BCUT2D eigenvalue weighted by molar-refractivity contribution is -0.153. The van der Waals surface area contributed by atoms with E-state index in [1.165, 1.54) is 0 Å². The molecule has 0 bridgehead atoms. The Bertz CT molecular complexity index is 412. The van der Waals surface area contributed by atoms with Gasteiger partial charge in [-0.1, -0.05) is 12.1 Å². The van der Waals surface area contributed by atoms with Crippen LogP contribution in [0.25, 0.3) is 0 Å². The van der Waals surface area contributed by atoms with Gasteiger partial charge < -0.3 is 9.47 Å². The Balaban J connectivity index is 2.37. The average Bonchev–Trinajstić information content (AvgIpc) is 2.39. The van der Waals surface area contributed by atoms with E-state index in [1.54, 1.807) is 14.0 Å². The normalized spacial score (nSPS) is 9.89. The van der Waals surface area contributed by atoms with Gasteiger partial charge in [-0.05, 0) is 37.5 Å². The SMILES string of the molecule is CCOC(=O)C(=O)CCCc1cccc(OC)c1. The molecule has 0 aliphatic rings. The second-order valence-corrected chi connectivity index (χ2v) is 3.85. The molecule has 0 amide bonds. The van der Waals surface area contributed by atoms with Gasteiger partial charge in [-0.2, -0.15) is 0 Å². The molecule has 0 aliphatic carbocycles. The third kappa shape index (κ3) is 4.57. The van der Waals surface area contributed by atoms with Crippen LogP contribution in [0.1, 0.15) is 25.3 Å². The molecule has 1 rings (SSSR count). The Morgan fingerprint density at radius 1 is 1.28 bits per heavy atom. The van der Waals surface area contributed by atoms with Crippen LogP contribution in [0.15, 0.2) is 24.3 Å². The minimum atomic E-state index is -0.733. The number of hydrogen-bond acceptors (Lipinski definition) is 4. The molecule has 0 saturated carbocycles. The summed E-state index contributed by atoms with van der Waals surface area (Å²) in [5.41, 5.74) is 1.09. The smallest absolute Gasteiger partial charge is 0.374 e. The van der Waals surface area contributed by atoms with E-state index in [2.05, 4.69) is 4.74 Å². The van der Waals surface area contributed by atoms with E-state index >= 15 is 0 Å². The fraction of sp³-hybridized carbons (Fsp3) is 0.429. The number of methoxy groups -OCH3 is 1. The second kappa shape index (κ2) is 7.48. The maximum absolute atomic E-state index is 11.3. The summed E-state index contributed by atoms with van der Waals surface area (Å²) in [6.45, 7) is 1.92. The highest BCUT2D eigenvalue weighted by Crippen LogP contribution is 2.14. The molecule has 0 N–H and O–H groups in total. The van der Waals surface area contributed by atoms with Gasteiger partial charge in [-0.15, -0.1) is 0 Å². The summed E-state index contributed by atoms with van der Waals surface area (Å²) in [6, 6.07) is 7.67. The Morgan fingerprint density at radius 3 is 2.72 bits per heavy atom. The Morgan fingerprint density at radius 2 is 2.06 bits per heavy atom. The quantitative estimate of drug-likeness (QED) is 0.549. The van der Waals surface area contributed by atoms with Crippen LogP contribution in [0.4, 0.5) is 0 Å². The zero-order valence-corrected chi connectivity index (χ0v) is 10.8. The van der Waals surface area contributed by atoms with Gasteiger partial charge in [0.1, 0.15) is 5.75 Å². The maximum Gasteiger partial charge on any atom is 0.374 e. The van der Waals surface area contributed by atoms with Crippen molar-refractivity contribution in [3.8, 4) is 5.75 Å². The van der Waals surface area contributed by atoms with Crippen LogP contribution in [0.2, 0.25) is 0 Å². The predicted octanol–water partition coefficient (Wildman–Crippen LogP) is 2.15. The minimum absolute atomic E-state index is 0.218. The zero-order valence-electron chi connectivity index (χ0n) is 10.8. The highest BCUT2D eigenvalue weighted by atomic mass is 16.5. The van der Waals surface area contributed by atoms with Crippen molar-refractivity contribution in [2.45, 2.75) is 26.2 Å². The van der Waals surface area contributed by atoms with Crippen LogP contribution in [0.3, 0.4) is 0 Å². The number of aryl methyl sites for hydroxylation is 1. The Labute approximate surface area is 107 Å². The predicted molar refractivity (Wildman–Crippen MR) is 67.6 cm³/mol. The van der Waals surface area contributed by atoms with Gasteiger partial charge in [0.25, 0.3) is 0 Å². The molecule has 0 unspecified atom stereocenters. The molecular formula is C14H18O4. The molecule has 98 valence electrons. The molecule has 1 aromatic carbocycles. The summed E-state index contributed by atoms with van der Waals surface area (Å²) in [4.78, 5) is 22.4. The summed E-state index contributed by atoms with van der Waals surface area (Å²) in [5.74, 6) is -0.396. The molecule has 0 atom stereocenters. The average molecular weight is 250 g/mol. The topological polar surface area (TPSA) is 52.6 Å². The summed E-state index contributed by atoms with van der Waals surface area (Å²) >= 11 is 0. The van der Waals surface area contributed by atoms with Crippen LogP contribution in [-0.4, -0.2) is 25.5 Å². The lowest BCUT2D eigenvalue weighted by Crippen LogP contribution is -2.17. The van der Waals surface area contributed by atoms with Crippen molar-refractivity contribution in [1.29, 1.82) is 0 Å². The summed E-state index contributed by atoms with van der Waals surface area (Å²) in [7, 11) is 1.61. The first-order valence-electron chi connectivity index (χ1n) is 6.00. The van der Waals surface area contributed by atoms with E-state index in [-0.39, 0.29) is 13.0 Å². The van der Waals surface area contributed by atoms with E-state index < -0.39 is 11.8 Å². The van der Waals surface area contributed by atoms with Crippen LogP contribution in [0, 0.1) is 0 Å². The van der Waals surface area contributed by atoms with Crippen molar-refractivity contribution >= 4 is 11.8 Å². The lowest BCUT2D eigenvalue weighted by Gasteiger charge is -2.04. The van der Waals surface area contributed by atoms with Crippen molar-refractivity contribution < 1.29 is 19.1 Å². The number of carbonyl (C=O) groups is 2. The van der Waals surface area contributed by atoms with Gasteiger partial charge in [0.15, 0.2) is 0 Å². The largest absolute Gasteiger partial charge is 0.497 e. The van der Waals surface area contributed by atoms with Crippen LogP contribution in [0.5, 0.6) is 5.75 Å². The van der Waals surface area contributed by atoms with E-state index in [0.29, 0.717) is 6.42 Å². The van der Waals surface area contributed by atoms with E-state index in [4.69, 9.17) is 4.74 Å². The van der Waals surface area contributed by atoms with Crippen molar-refractivity contribution in [1.82, 2.24) is 0 Å². The molecule has 4 heteroatoms. The minimum Gasteiger partial charge on any atom is -0.497 e. The number of hydrogen-bond donors (Lipinski definition) is 0. The molecule has 0 saturated heterocycles. The number of carbonyl (C=O) groups excluding carboxylic acids is 2. The standard InChI is InChI=1S/C14H18O4/c1-3-18-14(16)13(15)9-5-7-11-6-4-8-12(10-11)17-2/h4,6,8,10H,3,5,7,9H2,1-2H3. The molecule has 1 aromatic rings. The van der Waals surface area contributed by atoms with Crippen molar-refractivity contribution in [2.75, 3.05) is 13.7 Å². The highest BCUT2D eigenvalue weighted by molar-refractivity contribution is 6.33. The number of benzene rings is 1. The molecule has 0 fully saturated rings. The summed E-state index contributed by atoms with van der Waals surface area (Å²) in [5, 5.41) is 0. The maximum atomic E-state index is 11.3. The van der Waals surface area contributed by atoms with E-state index in [0.717, 1.165) is 17.7 Å². The monoisotopic (exact) mass is 250 g/mol. The van der Waals surface area contributed by atoms with Crippen LogP contribution >= 0.6 is 0 Å². The molecule has 0 aromatic heterocycles. The Kier molecular flexibility index (Phi) is 5.91. The third-order valence-electron chi connectivity index (χ3n) is 2.51. The highest BCUT2D eigenvalue weighted by Gasteiger charge is 2.13. The summed E-state index contributed by atoms with van der Waals surface area (Å²) in [6.07, 6.45) is 1.59. The van der Waals surface area contributed by atoms with Crippen molar-refractivity contribution in [2.24, 2.45) is 0 Å². The number of esters is 1. The van der Waals surface area contributed by atoms with Crippen molar-refractivity contribution in [3.05, 3.63) is 29.8 Å². The van der Waals surface area contributed by atoms with Crippen LogP contribution in [-0.2, 0) is 20.7 Å². The Hall–Kier alpha value is -1.84. The molecule has 0 heterocycles. The molecule has 0 radical (unpaired) electrons. The van der Waals surface area contributed by atoms with E-state index in [9.17, 15) is 9.59 Å². The summed E-state index contributed by atoms with van der Waals surface area (Å²) < 4.78 is 9.75. The first-order valence-corrected chi connectivity index (χ1v) is 6.00. The molecule has 4 nitrogen and oxygen atoms in total. The molecule has 18 heavy (non-hydrogen) atoms. The number of Topliss-reactive ketones (excluding diaryl/α,β-unsaturated/α-hetero) is 1. The molecule has 0 spiro atoms. The fourth-order valence-corrected chi connectivity index (χ4v) is 1.59. The second-order valence-electron chi connectivity index (χ2n) is 3.85. The van der Waals surface area contributed by atoms with Gasteiger partial charge in [0, 0.05) is 6.42 Å². The number of ketones is 1.